The smallest absolute Gasteiger partial charge is 0.472 e. The van der Waals surface area contributed by atoms with E-state index in [1.165, 1.54) is 4.31 Å². The molecular weight excluding hydrogens is 395 g/mol. The van der Waals surface area contributed by atoms with Gasteiger partial charge in [-0.15, -0.1) is 0 Å². The third kappa shape index (κ3) is 4.01. The van der Waals surface area contributed by atoms with Gasteiger partial charge < -0.3 is 19.3 Å². The molecule has 1 unspecified atom stereocenters. The Bertz CT molecular complexity index is 876. The maximum Gasteiger partial charge on any atom is 0.511 e. The Morgan fingerprint density at radius 2 is 1.93 bits per heavy atom. The van der Waals surface area contributed by atoms with Crippen molar-refractivity contribution in [2.75, 3.05) is 26.3 Å². The first-order valence-electron chi connectivity index (χ1n) is 7.67. The van der Waals surface area contributed by atoms with Gasteiger partial charge in [-0.05, 0) is 24.3 Å². The fourth-order valence-corrected chi connectivity index (χ4v) is 4.11. The van der Waals surface area contributed by atoms with E-state index in [0.29, 0.717) is 0 Å². The molecule has 0 aromatic heterocycles. The van der Waals surface area contributed by atoms with E-state index in [-0.39, 0.29) is 42.5 Å². The lowest BCUT2D eigenvalue weighted by atomic mass is 10.1. The Morgan fingerprint density at radius 1 is 1.26 bits per heavy atom. The van der Waals surface area contributed by atoms with E-state index in [4.69, 9.17) is 14.6 Å². The lowest BCUT2D eigenvalue weighted by Crippen LogP contribution is -2.41. The highest BCUT2D eigenvalue weighted by Gasteiger charge is 2.48. The SMILES string of the molecule is O=C(O)OC1=Cc2cc(S(=O)(=O)N3CCOCC3)ccc2OC1C(F)(F)F. The minimum atomic E-state index is -4.92. The van der Waals surface area contributed by atoms with Gasteiger partial charge in [-0.25, -0.2) is 13.2 Å². The van der Waals surface area contributed by atoms with Crippen LogP contribution >= 0.6 is 0 Å². The van der Waals surface area contributed by atoms with Gasteiger partial charge >= 0.3 is 12.3 Å². The van der Waals surface area contributed by atoms with Gasteiger partial charge in [0.2, 0.25) is 10.0 Å². The Balaban J connectivity index is 1.99. The predicted molar refractivity (Wildman–Crippen MR) is 83.6 cm³/mol. The maximum atomic E-state index is 13.1. The van der Waals surface area contributed by atoms with Crippen molar-refractivity contribution in [1.82, 2.24) is 4.31 Å². The molecule has 0 radical (unpaired) electrons. The first-order valence-corrected chi connectivity index (χ1v) is 9.11. The monoisotopic (exact) mass is 409 g/mol. The number of halogens is 3. The van der Waals surface area contributed by atoms with E-state index in [0.717, 1.165) is 24.3 Å². The average Bonchev–Trinajstić information content (AvgIpc) is 2.60. The number of rotatable bonds is 3. The molecule has 1 saturated heterocycles. The van der Waals surface area contributed by atoms with Crippen LogP contribution in [0.3, 0.4) is 0 Å². The molecule has 148 valence electrons. The highest BCUT2D eigenvalue weighted by atomic mass is 32.2. The third-order valence-corrected chi connectivity index (χ3v) is 5.79. The van der Waals surface area contributed by atoms with Crippen LogP contribution in [0, 0.1) is 0 Å². The van der Waals surface area contributed by atoms with E-state index >= 15 is 0 Å². The van der Waals surface area contributed by atoms with E-state index in [9.17, 15) is 26.4 Å². The molecule has 3 rings (SSSR count). The Labute approximate surface area is 151 Å². The molecule has 1 fully saturated rings. The van der Waals surface area contributed by atoms with Gasteiger partial charge in [0, 0.05) is 18.7 Å². The Hall–Kier alpha value is -2.31. The first-order chi connectivity index (χ1) is 12.6. The fourth-order valence-electron chi connectivity index (χ4n) is 2.67. The fraction of sp³-hybridized carbons (Fsp3) is 0.400. The third-order valence-electron chi connectivity index (χ3n) is 3.89. The summed E-state index contributed by atoms with van der Waals surface area (Å²) in [6.45, 7) is 0.763. The number of benzene rings is 1. The molecule has 0 amide bonds. The van der Waals surface area contributed by atoms with Crippen molar-refractivity contribution in [3.63, 3.8) is 0 Å². The second-order valence-electron chi connectivity index (χ2n) is 5.67. The molecule has 27 heavy (non-hydrogen) atoms. The number of carboxylic acid groups (broad SMARTS) is 1. The van der Waals surface area contributed by atoms with Gasteiger partial charge in [-0.3, -0.25) is 0 Å². The van der Waals surface area contributed by atoms with Crippen molar-refractivity contribution in [2.45, 2.75) is 17.2 Å². The summed E-state index contributed by atoms with van der Waals surface area (Å²) in [5.74, 6) is -1.24. The van der Waals surface area contributed by atoms with Crippen LogP contribution in [-0.2, 0) is 19.5 Å². The zero-order valence-electron chi connectivity index (χ0n) is 13.6. The van der Waals surface area contributed by atoms with Crippen LogP contribution in [0.4, 0.5) is 18.0 Å². The number of alkyl halides is 3. The number of fused-ring (bicyclic) bond motifs is 1. The minimum Gasteiger partial charge on any atom is -0.472 e. The molecule has 12 heteroatoms. The molecule has 0 bridgehead atoms. The van der Waals surface area contributed by atoms with Crippen molar-refractivity contribution in [2.24, 2.45) is 0 Å². The molecule has 1 aromatic carbocycles. The summed E-state index contributed by atoms with van der Waals surface area (Å²) in [6.07, 6.45) is -8.66. The van der Waals surface area contributed by atoms with Crippen LogP contribution in [0.2, 0.25) is 0 Å². The van der Waals surface area contributed by atoms with Crippen molar-refractivity contribution in [3.05, 3.63) is 29.5 Å². The molecule has 0 spiro atoms. The van der Waals surface area contributed by atoms with Gasteiger partial charge in [0.05, 0.1) is 18.1 Å². The second-order valence-corrected chi connectivity index (χ2v) is 7.61. The Morgan fingerprint density at radius 3 is 2.52 bits per heavy atom. The van der Waals surface area contributed by atoms with E-state index in [2.05, 4.69) is 4.74 Å². The van der Waals surface area contributed by atoms with Gasteiger partial charge in [0.25, 0.3) is 6.10 Å². The topological polar surface area (TPSA) is 102 Å². The van der Waals surface area contributed by atoms with Crippen molar-refractivity contribution in [1.29, 1.82) is 0 Å². The predicted octanol–water partition coefficient (Wildman–Crippen LogP) is 2.07. The summed E-state index contributed by atoms with van der Waals surface area (Å²) in [7, 11) is -3.89. The van der Waals surface area contributed by atoms with E-state index < -0.39 is 34.2 Å². The summed E-state index contributed by atoms with van der Waals surface area (Å²) in [4.78, 5) is 10.5. The molecule has 1 atom stereocenters. The molecule has 0 saturated carbocycles. The van der Waals surface area contributed by atoms with Crippen molar-refractivity contribution in [3.8, 4) is 5.75 Å². The first kappa shape index (κ1) is 19.5. The molecular formula is C15H14F3NO7S. The lowest BCUT2D eigenvalue weighted by Gasteiger charge is -2.28. The summed E-state index contributed by atoms with van der Waals surface area (Å²) >= 11 is 0. The summed E-state index contributed by atoms with van der Waals surface area (Å²) in [5.41, 5.74) is -0.0407. The highest BCUT2D eigenvalue weighted by molar-refractivity contribution is 7.89. The molecule has 1 N–H and O–H groups in total. The summed E-state index contributed by atoms with van der Waals surface area (Å²) < 4.78 is 79.9. The van der Waals surface area contributed by atoms with Crippen molar-refractivity contribution < 1.29 is 45.7 Å². The van der Waals surface area contributed by atoms with Gasteiger partial charge in [0.15, 0.2) is 5.76 Å². The highest BCUT2D eigenvalue weighted by Crippen LogP contribution is 2.38. The molecule has 1 aromatic rings. The normalized spacial score (nSPS) is 21.0. The summed E-state index contributed by atoms with van der Waals surface area (Å²) in [6, 6.07) is 3.33. The number of hydrogen-bond acceptors (Lipinski definition) is 6. The number of hydrogen-bond donors (Lipinski definition) is 1. The number of morpholine rings is 1. The van der Waals surface area contributed by atoms with Crippen LogP contribution in [0.15, 0.2) is 28.9 Å². The number of nitrogens with zero attached hydrogens (tertiary/aromatic N) is 1. The molecule has 0 aliphatic carbocycles. The quantitative estimate of drug-likeness (QED) is 0.763. The number of ether oxygens (including phenoxy) is 3. The number of carbonyl (C=O) groups is 1. The molecule has 2 aliphatic heterocycles. The maximum absolute atomic E-state index is 13.1. The van der Waals surface area contributed by atoms with Gasteiger partial charge in [-0.2, -0.15) is 17.5 Å². The Kier molecular flexibility index (Phi) is 5.06. The van der Waals surface area contributed by atoms with Crippen LogP contribution in [0.25, 0.3) is 6.08 Å². The largest absolute Gasteiger partial charge is 0.511 e. The molecule has 2 heterocycles. The van der Waals surface area contributed by atoms with Crippen LogP contribution in [0.1, 0.15) is 5.56 Å². The van der Waals surface area contributed by atoms with Gasteiger partial charge in [0.1, 0.15) is 5.75 Å². The van der Waals surface area contributed by atoms with E-state index in [1.807, 2.05) is 0 Å². The minimum absolute atomic E-state index is 0.0407. The van der Waals surface area contributed by atoms with Crippen molar-refractivity contribution >= 4 is 22.3 Å². The lowest BCUT2D eigenvalue weighted by molar-refractivity contribution is -0.191. The van der Waals surface area contributed by atoms with Crippen LogP contribution in [0.5, 0.6) is 5.75 Å². The molecule has 2 aliphatic rings. The second kappa shape index (κ2) is 7.02. The zero-order chi connectivity index (χ0) is 19.8. The van der Waals surface area contributed by atoms with E-state index in [1.54, 1.807) is 0 Å². The number of sulfonamides is 1. The van der Waals surface area contributed by atoms with Crippen LogP contribution < -0.4 is 4.74 Å². The standard InChI is InChI=1S/C15H14F3NO7S/c16-15(17,18)13-12(26-14(20)21)8-9-7-10(1-2-11(9)25-13)27(22,23)19-3-5-24-6-4-19/h1-2,7-8,13H,3-6H2,(H,20,21). The average molecular weight is 409 g/mol. The zero-order valence-corrected chi connectivity index (χ0v) is 14.4. The molecule has 8 nitrogen and oxygen atoms in total. The summed E-state index contributed by atoms with van der Waals surface area (Å²) in [5, 5.41) is 8.65. The van der Waals surface area contributed by atoms with Crippen LogP contribution in [-0.4, -0.2) is 62.6 Å². The van der Waals surface area contributed by atoms with Gasteiger partial charge in [-0.1, -0.05) is 0 Å².